The van der Waals surface area contributed by atoms with Gasteiger partial charge in [-0.15, -0.1) is 0 Å². The van der Waals surface area contributed by atoms with Gasteiger partial charge in [0.1, 0.15) is 5.75 Å². The lowest BCUT2D eigenvalue weighted by Crippen LogP contribution is -2.40. The van der Waals surface area contributed by atoms with Gasteiger partial charge in [-0.2, -0.15) is 4.31 Å². The average Bonchev–Trinajstić information content (AvgIpc) is 2.89. The maximum Gasteiger partial charge on any atom is 0.243 e. The predicted molar refractivity (Wildman–Crippen MR) is 142 cm³/mol. The standard InChI is InChI=1S/C28H27ClN2O4S/c1-2-35-27-16-15-24(17-26(27)29)36(33,34)31(19-21-9-4-3-5-10-21)20-28(32)30-18-23-13-8-12-22-11-6-7-14-25(22)23/h3-17H,2,18-20H2,1H3,(H,30,32). The molecule has 6 nitrogen and oxygen atoms in total. The van der Waals surface area contributed by atoms with Crippen LogP contribution >= 0.6 is 11.6 Å². The summed E-state index contributed by atoms with van der Waals surface area (Å²) in [5.74, 6) is 0.0000282. The molecule has 8 heteroatoms. The van der Waals surface area contributed by atoms with Gasteiger partial charge in [0.25, 0.3) is 0 Å². The fourth-order valence-corrected chi connectivity index (χ4v) is 5.64. The summed E-state index contributed by atoms with van der Waals surface area (Å²) in [4.78, 5) is 13.0. The van der Waals surface area contributed by atoms with Gasteiger partial charge in [0, 0.05) is 13.1 Å². The molecule has 186 valence electrons. The van der Waals surface area contributed by atoms with Crippen LogP contribution in [0.15, 0.2) is 95.9 Å². The Bertz CT molecular complexity index is 1450. The summed E-state index contributed by atoms with van der Waals surface area (Å²) in [7, 11) is -4.03. The number of nitrogens with one attached hydrogen (secondary N) is 1. The summed E-state index contributed by atoms with van der Waals surface area (Å²) in [6.45, 7) is 2.21. The molecule has 0 radical (unpaired) electrons. The second-order valence-corrected chi connectivity index (χ2v) is 10.5. The molecule has 0 saturated heterocycles. The Kier molecular flexibility index (Phi) is 8.25. The van der Waals surface area contributed by atoms with Crippen LogP contribution in [0.25, 0.3) is 10.8 Å². The van der Waals surface area contributed by atoms with Gasteiger partial charge >= 0.3 is 0 Å². The Morgan fingerprint density at radius 3 is 2.42 bits per heavy atom. The third kappa shape index (κ3) is 6.05. The zero-order chi connectivity index (χ0) is 25.5. The fourth-order valence-electron chi connectivity index (χ4n) is 3.93. The minimum Gasteiger partial charge on any atom is -0.492 e. The lowest BCUT2D eigenvalue weighted by Gasteiger charge is -2.22. The third-order valence-corrected chi connectivity index (χ3v) is 7.80. The molecule has 0 fully saturated rings. The Morgan fingerprint density at radius 2 is 1.67 bits per heavy atom. The molecular formula is C28H27ClN2O4S. The van der Waals surface area contributed by atoms with Gasteiger partial charge in [-0.3, -0.25) is 4.79 Å². The number of carbonyl (C=O) groups is 1. The summed E-state index contributed by atoms with van der Waals surface area (Å²) >= 11 is 6.26. The van der Waals surface area contributed by atoms with Crippen LogP contribution in [0.3, 0.4) is 0 Å². The monoisotopic (exact) mass is 522 g/mol. The smallest absolute Gasteiger partial charge is 0.243 e. The normalized spacial score (nSPS) is 11.5. The summed E-state index contributed by atoms with van der Waals surface area (Å²) in [6, 6.07) is 27.3. The topological polar surface area (TPSA) is 75.7 Å². The third-order valence-electron chi connectivity index (χ3n) is 5.72. The number of rotatable bonds is 10. The predicted octanol–water partition coefficient (Wildman–Crippen LogP) is 5.40. The van der Waals surface area contributed by atoms with Crippen molar-refractivity contribution >= 4 is 38.3 Å². The largest absolute Gasteiger partial charge is 0.492 e. The molecule has 0 aliphatic carbocycles. The molecular weight excluding hydrogens is 496 g/mol. The lowest BCUT2D eigenvalue weighted by molar-refractivity contribution is -0.121. The number of hydrogen-bond acceptors (Lipinski definition) is 4. The van der Waals surface area contributed by atoms with Gasteiger partial charge in [0.05, 0.1) is 23.1 Å². The lowest BCUT2D eigenvalue weighted by atomic mass is 10.0. The zero-order valence-electron chi connectivity index (χ0n) is 19.9. The van der Waals surface area contributed by atoms with E-state index < -0.39 is 15.9 Å². The molecule has 1 N–H and O–H groups in total. The van der Waals surface area contributed by atoms with E-state index in [1.165, 1.54) is 18.2 Å². The summed E-state index contributed by atoms with van der Waals surface area (Å²) in [6.07, 6.45) is 0. The van der Waals surface area contributed by atoms with Crippen molar-refractivity contribution in [3.63, 3.8) is 0 Å². The van der Waals surface area contributed by atoms with E-state index in [2.05, 4.69) is 5.32 Å². The van der Waals surface area contributed by atoms with E-state index in [0.717, 1.165) is 26.2 Å². The van der Waals surface area contributed by atoms with Crippen LogP contribution in [0, 0.1) is 0 Å². The van der Waals surface area contributed by atoms with Crippen molar-refractivity contribution in [2.24, 2.45) is 0 Å². The van der Waals surface area contributed by atoms with Crippen molar-refractivity contribution < 1.29 is 17.9 Å². The van der Waals surface area contributed by atoms with Crippen LogP contribution in [-0.4, -0.2) is 31.8 Å². The first-order valence-corrected chi connectivity index (χ1v) is 13.4. The first kappa shape index (κ1) is 25.7. The fraction of sp³-hybridized carbons (Fsp3) is 0.179. The van der Waals surface area contributed by atoms with Gasteiger partial charge in [0.2, 0.25) is 15.9 Å². The van der Waals surface area contributed by atoms with Crippen molar-refractivity contribution in [2.45, 2.75) is 24.9 Å². The van der Waals surface area contributed by atoms with Gasteiger partial charge in [-0.25, -0.2) is 8.42 Å². The quantitative estimate of drug-likeness (QED) is 0.302. The molecule has 4 aromatic carbocycles. The number of halogens is 1. The number of fused-ring (bicyclic) bond motifs is 1. The number of ether oxygens (including phenoxy) is 1. The highest BCUT2D eigenvalue weighted by atomic mass is 35.5. The molecule has 4 rings (SSSR count). The molecule has 0 atom stereocenters. The maximum atomic E-state index is 13.6. The van der Waals surface area contributed by atoms with Crippen LogP contribution in [0.2, 0.25) is 5.02 Å². The van der Waals surface area contributed by atoms with E-state index in [4.69, 9.17) is 16.3 Å². The number of benzene rings is 4. The van der Waals surface area contributed by atoms with Crippen LogP contribution in [0.5, 0.6) is 5.75 Å². The van der Waals surface area contributed by atoms with Crippen LogP contribution in [0.1, 0.15) is 18.1 Å². The number of hydrogen-bond donors (Lipinski definition) is 1. The van der Waals surface area contributed by atoms with Crippen LogP contribution in [-0.2, 0) is 27.9 Å². The van der Waals surface area contributed by atoms with E-state index in [9.17, 15) is 13.2 Å². The van der Waals surface area contributed by atoms with Crippen molar-refractivity contribution in [3.05, 3.63) is 107 Å². The van der Waals surface area contributed by atoms with Crippen LogP contribution < -0.4 is 10.1 Å². The summed E-state index contributed by atoms with van der Waals surface area (Å²) < 4.78 is 33.8. The van der Waals surface area contributed by atoms with E-state index >= 15 is 0 Å². The van der Waals surface area contributed by atoms with Gasteiger partial charge in [0.15, 0.2) is 0 Å². The van der Waals surface area contributed by atoms with Gasteiger partial charge < -0.3 is 10.1 Å². The molecule has 0 bridgehead atoms. The number of amides is 1. The average molecular weight is 523 g/mol. The van der Waals surface area contributed by atoms with Crippen molar-refractivity contribution in [1.29, 1.82) is 0 Å². The first-order chi connectivity index (χ1) is 17.4. The van der Waals surface area contributed by atoms with Gasteiger partial charge in [-0.1, -0.05) is 84.4 Å². The SMILES string of the molecule is CCOc1ccc(S(=O)(=O)N(CC(=O)NCc2cccc3ccccc23)Cc2ccccc2)cc1Cl. The van der Waals surface area contributed by atoms with Crippen molar-refractivity contribution in [2.75, 3.05) is 13.2 Å². The second kappa shape index (κ2) is 11.6. The van der Waals surface area contributed by atoms with E-state index in [1.54, 1.807) is 0 Å². The van der Waals surface area contributed by atoms with E-state index in [1.807, 2.05) is 79.7 Å². The molecule has 4 aromatic rings. The Hall–Kier alpha value is -3.39. The molecule has 0 aromatic heterocycles. The Labute approximate surface area is 216 Å². The number of carbonyl (C=O) groups excluding carboxylic acids is 1. The molecule has 0 saturated carbocycles. The minimum absolute atomic E-state index is 0.00580. The summed E-state index contributed by atoms with van der Waals surface area (Å²) in [5, 5.41) is 5.18. The molecule has 0 heterocycles. The van der Waals surface area contributed by atoms with Gasteiger partial charge in [-0.05, 0) is 47.0 Å². The van der Waals surface area contributed by atoms with E-state index in [-0.39, 0.29) is 29.6 Å². The Balaban J connectivity index is 1.56. The van der Waals surface area contributed by atoms with E-state index in [0.29, 0.717) is 12.4 Å². The number of nitrogens with zero attached hydrogens (tertiary/aromatic N) is 1. The highest BCUT2D eigenvalue weighted by Crippen LogP contribution is 2.29. The summed E-state index contributed by atoms with van der Waals surface area (Å²) in [5.41, 5.74) is 1.72. The highest BCUT2D eigenvalue weighted by molar-refractivity contribution is 7.89. The Morgan fingerprint density at radius 1 is 0.944 bits per heavy atom. The zero-order valence-corrected chi connectivity index (χ0v) is 21.4. The first-order valence-electron chi connectivity index (χ1n) is 11.6. The van der Waals surface area contributed by atoms with Crippen molar-refractivity contribution in [1.82, 2.24) is 9.62 Å². The van der Waals surface area contributed by atoms with Crippen LogP contribution in [0.4, 0.5) is 0 Å². The second-order valence-electron chi connectivity index (χ2n) is 8.20. The molecule has 1 amide bonds. The maximum absolute atomic E-state index is 13.6. The molecule has 0 aliphatic rings. The number of sulfonamides is 1. The molecule has 0 aliphatic heterocycles. The van der Waals surface area contributed by atoms with Crippen molar-refractivity contribution in [3.8, 4) is 5.75 Å². The molecule has 0 unspecified atom stereocenters. The molecule has 36 heavy (non-hydrogen) atoms. The minimum atomic E-state index is -4.03. The molecule has 0 spiro atoms. The highest BCUT2D eigenvalue weighted by Gasteiger charge is 2.28.